The summed E-state index contributed by atoms with van der Waals surface area (Å²) in [4.78, 5) is 21.1. The molecule has 1 aromatic carbocycles. The fourth-order valence-electron chi connectivity index (χ4n) is 3.50. The molecule has 1 aromatic heterocycles. The summed E-state index contributed by atoms with van der Waals surface area (Å²) in [6, 6.07) is 9.48. The molecule has 0 radical (unpaired) electrons. The average molecular weight is 373 g/mol. The van der Waals surface area contributed by atoms with Crippen molar-refractivity contribution in [3.8, 4) is 0 Å². The van der Waals surface area contributed by atoms with Gasteiger partial charge in [0.2, 0.25) is 16.0 Å². The van der Waals surface area contributed by atoms with E-state index < -0.39 is 15.4 Å². The molecule has 2 aliphatic carbocycles. The summed E-state index contributed by atoms with van der Waals surface area (Å²) in [6.07, 6.45) is 3.69. The molecule has 1 saturated carbocycles. The first-order valence-corrected chi connectivity index (χ1v) is 10.00. The molecule has 1 fully saturated rings. The number of methoxy groups -OCH3 is 1. The quantitative estimate of drug-likeness (QED) is 0.799. The Balaban J connectivity index is 1.72. The van der Waals surface area contributed by atoms with E-state index in [4.69, 9.17) is 4.74 Å². The largest absolute Gasteiger partial charge is 0.468 e. The Labute approximate surface area is 151 Å². The maximum Gasteiger partial charge on any atom is 0.318 e. The number of carbonyl (C=O) groups is 1. The van der Waals surface area contributed by atoms with Crippen molar-refractivity contribution in [2.75, 3.05) is 11.8 Å². The van der Waals surface area contributed by atoms with Crippen LogP contribution in [-0.2, 0) is 37.8 Å². The number of rotatable bonds is 5. The third-order valence-electron chi connectivity index (χ3n) is 5.02. The highest BCUT2D eigenvalue weighted by Crippen LogP contribution is 2.40. The number of fused-ring (bicyclic) bond motifs is 1. The van der Waals surface area contributed by atoms with Crippen LogP contribution in [-0.4, -0.2) is 36.7 Å². The summed E-state index contributed by atoms with van der Waals surface area (Å²) in [5.74, 6) is -0.392. The van der Waals surface area contributed by atoms with Gasteiger partial charge in [-0.15, -0.1) is 0 Å². The van der Waals surface area contributed by atoms with Gasteiger partial charge in [0.15, 0.2) is 0 Å². The highest BCUT2D eigenvalue weighted by Gasteiger charge is 2.48. The van der Waals surface area contributed by atoms with Crippen molar-refractivity contribution in [1.82, 2.24) is 9.97 Å². The fraction of sp³-hybridized carbons (Fsp3) is 0.389. The molecule has 0 aliphatic heterocycles. The van der Waals surface area contributed by atoms with E-state index in [2.05, 4.69) is 14.7 Å². The van der Waals surface area contributed by atoms with E-state index in [1.165, 1.54) is 13.3 Å². The average Bonchev–Trinajstić information content (AvgIpc) is 3.42. The van der Waals surface area contributed by atoms with Gasteiger partial charge in [-0.1, -0.05) is 24.3 Å². The number of hydrogen-bond acceptors (Lipinski definition) is 6. The zero-order valence-corrected chi connectivity index (χ0v) is 15.1. The van der Waals surface area contributed by atoms with Crippen LogP contribution in [0.4, 0.5) is 5.95 Å². The van der Waals surface area contributed by atoms with E-state index in [1.807, 2.05) is 24.3 Å². The molecular weight excluding hydrogens is 354 g/mol. The summed E-state index contributed by atoms with van der Waals surface area (Å²) < 4.78 is 31.8. The summed E-state index contributed by atoms with van der Waals surface area (Å²) in [5.41, 5.74) is 1.62. The standard InChI is InChI=1S/C18H19N3O4S/c1-25-16(22)18(10-12-4-2-3-5-13(12)11-18)15-8-9-19-17(20-15)21-26(23,24)14-6-7-14/h2-5,8-9,14H,6-7,10-11H2,1H3,(H,19,20,21). The van der Waals surface area contributed by atoms with E-state index in [1.54, 1.807) is 6.07 Å². The highest BCUT2D eigenvalue weighted by molar-refractivity contribution is 7.93. The molecule has 7 nitrogen and oxygen atoms in total. The van der Waals surface area contributed by atoms with Crippen LogP contribution in [0, 0.1) is 0 Å². The number of nitrogens with zero attached hydrogens (tertiary/aromatic N) is 2. The van der Waals surface area contributed by atoms with Crippen molar-refractivity contribution < 1.29 is 17.9 Å². The number of hydrogen-bond donors (Lipinski definition) is 1. The van der Waals surface area contributed by atoms with Gasteiger partial charge in [0.05, 0.1) is 18.1 Å². The number of ether oxygens (including phenoxy) is 1. The van der Waals surface area contributed by atoms with Crippen LogP contribution < -0.4 is 4.72 Å². The maximum absolute atomic E-state index is 12.7. The normalized spacial score (nSPS) is 18.2. The van der Waals surface area contributed by atoms with E-state index in [0.717, 1.165) is 11.1 Å². The molecule has 26 heavy (non-hydrogen) atoms. The van der Waals surface area contributed by atoms with E-state index in [9.17, 15) is 13.2 Å². The third kappa shape index (κ3) is 2.84. The first-order chi connectivity index (χ1) is 12.4. The Hall–Kier alpha value is -2.48. The van der Waals surface area contributed by atoms with Crippen molar-refractivity contribution in [2.24, 2.45) is 0 Å². The van der Waals surface area contributed by atoms with Crippen molar-refractivity contribution in [1.29, 1.82) is 0 Å². The Kier molecular flexibility index (Phi) is 3.95. The molecule has 2 aromatic rings. The number of benzene rings is 1. The Bertz CT molecular complexity index is 945. The minimum Gasteiger partial charge on any atom is -0.468 e. The van der Waals surface area contributed by atoms with Crippen molar-refractivity contribution in [3.05, 3.63) is 53.3 Å². The van der Waals surface area contributed by atoms with Gasteiger partial charge in [0.1, 0.15) is 5.41 Å². The number of nitrogens with one attached hydrogen (secondary N) is 1. The number of aromatic nitrogens is 2. The van der Waals surface area contributed by atoms with E-state index >= 15 is 0 Å². The molecule has 1 heterocycles. The second kappa shape index (κ2) is 6.05. The van der Waals surface area contributed by atoms with Crippen LogP contribution >= 0.6 is 0 Å². The van der Waals surface area contributed by atoms with Crippen LogP contribution in [0.1, 0.15) is 29.7 Å². The Morgan fingerprint density at radius 2 is 1.85 bits per heavy atom. The van der Waals surface area contributed by atoms with Crippen LogP contribution in [0.15, 0.2) is 36.5 Å². The number of carbonyl (C=O) groups excluding carboxylic acids is 1. The van der Waals surface area contributed by atoms with Gasteiger partial charge in [-0.2, -0.15) is 0 Å². The van der Waals surface area contributed by atoms with Gasteiger partial charge in [-0.05, 0) is 42.9 Å². The molecule has 0 unspecified atom stereocenters. The number of esters is 1. The molecule has 136 valence electrons. The molecular formula is C18H19N3O4S. The number of sulfonamides is 1. The first kappa shape index (κ1) is 17.0. The molecule has 0 amide bonds. The van der Waals surface area contributed by atoms with Crippen molar-refractivity contribution in [2.45, 2.75) is 36.3 Å². The molecule has 2 aliphatic rings. The summed E-state index contributed by atoms with van der Waals surface area (Å²) in [5, 5.41) is -0.375. The topological polar surface area (TPSA) is 98.2 Å². The second-order valence-corrected chi connectivity index (χ2v) is 8.77. The van der Waals surface area contributed by atoms with Crippen LogP contribution in [0.5, 0.6) is 0 Å². The van der Waals surface area contributed by atoms with Crippen molar-refractivity contribution in [3.63, 3.8) is 0 Å². The lowest BCUT2D eigenvalue weighted by molar-refractivity contribution is -0.147. The monoisotopic (exact) mass is 373 g/mol. The van der Waals surface area contributed by atoms with Crippen LogP contribution in [0.3, 0.4) is 0 Å². The fourth-order valence-corrected chi connectivity index (χ4v) is 4.78. The predicted octanol–water partition coefficient (Wildman–Crippen LogP) is 1.59. The van der Waals surface area contributed by atoms with Gasteiger partial charge < -0.3 is 4.74 Å². The number of anilines is 1. The van der Waals surface area contributed by atoms with Gasteiger partial charge >= 0.3 is 5.97 Å². The van der Waals surface area contributed by atoms with Gasteiger partial charge in [-0.25, -0.2) is 18.4 Å². The zero-order valence-electron chi connectivity index (χ0n) is 14.3. The minimum absolute atomic E-state index is 0.00589. The highest BCUT2D eigenvalue weighted by atomic mass is 32.2. The smallest absolute Gasteiger partial charge is 0.318 e. The summed E-state index contributed by atoms with van der Waals surface area (Å²) in [6.45, 7) is 0. The third-order valence-corrected chi connectivity index (χ3v) is 6.84. The molecule has 0 bridgehead atoms. The maximum atomic E-state index is 12.7. The Morgan fingerprint density at radius 3 is 2.42 bits per heavy atom. The molecule has 1 N–H and O–H groups in total. The molecule has 0 atom stereocenters. The lowest BCUT2D eigenvalue weighted by atomic mass is 9.81. The van der Waals surface area contributed by atoms with Gasteiger partial charge in [0.25, 0.3) is 0 Å². The molecule has 8 heteroatoms. The van der Waals surface area contributed by atoms with Crippen LogP contribution in [0.25, 0.3) is 0 Å². The lowest BCUT2D eigenvalue weighted by Crippen LogP contribution is -2.39. The van der Waals surface area contributed by atoms with Gasteiger partial charge in [0, 0.05) is 6.20 Å². The summed E-state index contributed by atoms with van der Waals surface area (Å²) in [7, 11) is -2.12. The lowest BCUT2D eigenvalue weighted by Gasteiger charge is -2.25. The molecule has 4 rings (SSSR count). The second-order valence-electron chi connectivity index (χ2n) is 6.81. The Morgan fingerprint density at radius 1 is 1.19 bits per heavy atom. The predicted molar refractivity (Wildman–Crippen MR) is 95.1 cm³/mol. The van der Waals surface area contributed by atoms with E-state index in [0.29, 0.717) is 31.4 Å². The van der Waals surface area contributed by atoms with Crippen molar-refractivity contribution >= 4 is 21.9 Å². The molecule has 0 saturated heterocycles. The SMILES string of the molecule is COC(=O)C1(c2ccnc(NS(=O)(=O)C3CC3)n2)Cc2ccccc2C1. The van der Waals surface area contributed by atoms with Crippen LogP contribution in [0.2, 0.25) is 0 Å². The van der Waals surface area contributed by atoms with Gasteiger partial charge in [-0.3, -0.25) is 9.52 Å². The molecule has 0 spiro atoms. The minimum atomic E-state index is -3.47. The zero-order chi connectivity index (χ0) is 18.4. The van der Waals surface area contributed by atoms with E-state index in [-0.39, 0.29) is 17.2 Å². The summed E-state index contributed by atoms with van der Waals surface area (Å²) >= 11 is 0. The first-order valence-electron chi connectivity index (χ1n) is 8.45.